The second-order valence-corrected chi connectivity index (χ2v) is 7.37. The first-order valence-corrected chi connectivity index (χ1v) is 9.88. The van der Waals surface area contributed by atoms with E-state index < -0.39 is 0 Å². The maximum absolute atomic E-state index is 10.1. The van der Waals surface area contributed by atoms with Crippen molar-refractivity contribution < 1.29 is 4.42 Å². The van der Waals surface area contributed by atoms with Gasteiger partial charge in [0.05, 0.1) is 11.3 Å². The van der Waals surface area contributed by atoms with Gasteiger partial charge in [-0.1, -0.05) is 60.7 Å². The third kappa shape index (κ3) is 3.22. The summed E-state index contributed by atoms with van der Waals surface area (Å²) in [7, 11) is 3.84. The van der Waals surface area contributed by atoms with Gasteiger partial charge in [0, 0.05) is 36.5 Å². The van der Waals surface area contributed by atoms with Crippen molar-refractivity contribution in [1.82, 2.24) is 14.6 Å². The first-order chi connectivity index (χ1) is 15.2. The molecule has 0 unspecified atom stereocenters. The molecule has 2 aromatic carbocycles. The van der Waals surface area contributed by atoms with Crippen LogP contribution in [0.15, 0.2) is 77.2 Å². The van der Waals surface area contributed by atoms with E-state index in [1.807, 2.05) is 97.9 Å². The van der Waals surface area contributed by atoms with Crippen LogP contribution < -0.4 is 10.1 Å². The van der Waals surface area contributed by atoms with Gasteiger partial charge in [0.15, 0.2) is 17.4 Å². The van der Waals surface area contributed by atoms with E-state index in [4.69, 9.17) is 14.5 Å². The normalized spacial score (nSPS) is 11.7. The Hall–Kier alpha value is -4.37. The summed E-state index contributed by atoms with van der Waals surface area (Å²) >= 11 is 0. The smallest absolute Gasteiger partial charge is 0.195 e. The average molecular weight is 405 g/mol. The molecular formula is C25H19N5O. The van der Waals surface area contributed by atoms with Gasteiger partial charge in [0.1, 0.15) is 11.8 Å². The Morgan fingerprint density at radius 2 is 1.61 bits per heavy atom. The lowest BCUT2D eigenvalue weighted by molar-refractivity contribution is 0.555. The third-order valence-corrected chi connectivity index (χ3v) is 5.10. The van der Waals surface area contributed by atoms with E-state index in [2.05, 4.69) is 6.07 Å². The highest BCUT2D eigenvalue weighted by Gasteiger charge is 2.21. The van der Waals surface area contributed by atoms with Gasteiger partial charge < -0.3 is 9.32 Å². The van der Waals surface area contributed by atoms with Crippen molar-refractivity contribution in [3.05, 3.63) is 89.3 Å². The molecule has 3 aromatic heterocycles. The van der Waals surface area contributed by atoms with Crippen molar-refractivity contribution in [3.8, 4) is 28.7 Å². The molecule has 3 heterocycles. The van der Waals surface area contributed by atoms with E-state index in [1.54, 1.807) is 4.52 Å². The van der Waals surface area contributed by atoms with Crippen LogP contribution in [0.3, 0.4) is 0 Å². The molecule has 0 atom stereocenters. The van der Waals surface area contributed by atoms with Crippen molar-refractivity contribution in [2.24, 2.45) is 0 Å². The van der Waals surface area contributed by atoms with Crippen LogP contribution in [0.1, 0.15) is 11.3 Å². The summed E-state index contributed by atoms with van der Waals surface area (Å²) in [5.41, 5.74) is 3.68. The molecule has 150 valence electrons. The Balaban J connectivity index is 1.82. The molecule has 0 radical (unpaired) electrons. The minimum absolute atomic E-state index is 0.517. The van der Waals surface area contributed by atoms with Crippen LogP contribution in [0.25, 0.3) is 34.4 Å². The molecule has 6 nitrogen and oxygen atoms in total. The minimum atomic E-state index is 0.517. The molecule has 0 bridgehead atoms. The SMILES string of the molecule is CN(C)c1ccc(/C=c2\c(C#N)c(-c3ccccc3)n3nc(-c4ccccc4)nc23)o1. The van der Waals surface area contributed by atoms with Crippen LogP contribution in [0.4, 0.5) is 5.88 Å². The van der Waals surface area contributed by atoms with Gasteiger partial charge >= 0.3 is 0 Å². The summed E-state index contributed by atoms with van der Waals surface area (Å²) < 4.78 is 7.67. The molecular weight excluding hydrogens is 386 g/mol. The van der Waals surface area contributed by atoms with E-state index in [0.29, 0.717) is 28.0 Å². The highest BCUT2D eigenvalue weighted by Crippen LogP contribution is 2.26. The molecule has 5 aromatic rings. The van der Waals surface area contributed by atoms with E-state index in [9.17, 15) is 5.26 Å². The Morgan fingerprint density at radius 3 is 2.23 bits per heavy atom. The van der Waals surface area contributed by atoms with Crippen LogP contribution >= 0.6 is 0 Å². The predicted octanol–water partition coefficient (Wildman–Crippen LogP) is 4.14. The molecule has 0 aliphatic rings. The lowest BCUT2D eigenvalue weighted by atomic mass is 10.1. The minimum Gasteiger partial charge on any atom is -0.441 e. The van der Waals surface area contributed by atoms with Gasteiger partial charge in [-0.15, -0.1) is 5.10 Å². The van der Waals surface area contributed by atoms with Crippen molar-refractivity contribution in [2.45, 2.75) is 0 Å². The quantitative estimate of drug-likeness (QED) is 0.449. The van der Waals surface area contributed by atoms with Gasteiger partial charge in [0.2, 0.25) is 0 Å². The second-order valence-electron chi connectivity index (χ2n) is 7.37. The van der Waals surface area contributed by atoms with Gasteiger partial charge in [0.25, 0.3) is 0 Å². The first-order valence-electron chi connectivity index (χ1n) is 9.88. The van der Waals surface area contributed by atoms with Crippen LogP contribution in [0, 0.1) is 11.3 Å². The lowest BCUT2D eigenvalue weighted by Gasteiger charge is -2.05. The molecule has 0 saturated carbocycles. The van der Waals surface area contributed by atoms with Crippen molar-refractivity contribution >= 4 is 17.6 Å². The summed E-state index contributed by atoms with van der Waals surface area (Å²) in [5, 5.41) is 15.5. The predicted molar refractivity (Wildman–Crippen MR) is 120 cm³/mol. The molecule has 0 spiro atoms. The summed E-state index contributed by atoms with van der Waals surface area (Å²) in [6.45, 7) is 0. The van der Waals surface area contributed by atoms with Gasteiger partial charge in [-0.2, -0.15) is 5.26 Å². The fourth-order valence-electron chi connectivity index (χ4n) is 3.61. The number of fused-ring (bicyclic) bond motifs is 1. The number of nitrogens with zero attached hydrogens (tertiary/aromatic N) is 5. The Morgan fingerprint density at radius 1 is 0.935 bits per heavy atom. The highest BCUT2D eigenvalue weighted by molar-refractivity contribution is 5.77. The van der Waals surface area contributed by atoms with Crippen molar-refractivity contribution in [3.63, 3.8) is 0 Å². The van der Waals surface area contributed by atoms with E-state index >= 15 is 0 Å². The topological polar surface area (TPSA) is 70.4 Å². The lowest BCUT2D eigenvalue weighted by Crippen LogP contribution is -2.07. The second kappa shape index (κ2) is 7.47. The fraction of sp³-hybridized carbons (Fsp3) is 0.0800. The summed E-state index contributed by atoms with van der Waals surface area (Å²) in [6.07, 6.45) is 1.86. The Labute approximate surface area is 179 Å². The summed E-state index contributed by atoms with van der Waals surface area (Å²) in [4.78, 5) is 6.69. The highest BCUT2D eigenvalue weighted by atomic mass is 16.4. The molecule has 0 saturated heterocycles. The summed E-state index contributed by atoms with van der Waals surface area (Å²) in [6, 6.07) is 25.8. The van der Waals surface area contributed by atoms with Gasteiger partial charge in [-0.25, -0.2) is 9.50 Å². The number of rotatable bonds is 4. The van der Waals surface area contributed by atoms with E-state index in [-0.39, 0.29) is 0 Å². The zero-order chi connectivity index (χ0) is 21.4. The molecule has 0 fully saturated rings. The standard InChI is InChI=1S/C25H19N5O/c1-29(2)22-14-13-19(31-22)15-20-21(16-26)23(17-9-5-3-6-10-17)30-25(20)27-24(28-30)18-11-7-4-8-12-18/h3-15H,1-2H3/b20-15+. The maximum atomic E-state index is 10.1. The number of aromatic nitrogens is 3. The van der Waals surface area contributed by atoms with E-state index in [0.717, 1.165) is 22.7 Å². The van der Waals surface area contributed by atoms with Crippen molar-refractivity contribution in [1.29, 1.82) is 5.26 Å². The summed E-state index contributed by atoms with van der Waals surface area (Å²) in [5.74, 6) is 2.00. The van der Waals surface area contributed by atoms with Crippen molar-refractivity contribution in [2.75, 3.05) is 19.0 Å². The van der Waals surface area contributed by atoms with Crippen LogP contribution in [0.2, 0.25) is 0 Å². The number of benzene rings is 2. The Kier molecular flexibility index (Phi) is 4.49. The monoisotopic (exact) mass is 405 g/mol. The Bertz CT molecular complexity index is 1460. The average Bonchev–Trinajstić information content (AvgIpc) is 3.50. The van der Waals surface area contributed by atoms with E-state index in [1.165, 1.54) is 0 Å². The molecule has 0 N–H and O–H groups in total. The molecule has 0 aliphatic heterocycles. The molecule has 31 heavy (non-hydrogen) atoms. The van der Waals surface area contributed by atoms with Crippen LogP contribution in [0.5, 0.6) is 0 Å². The third-order valence-electron chi connectivity index (χ3n) is 5.10. The number of nitriles is 1. The zero-order valence-corrected chi connectivity index (χ0v) is 17.1. The number of anilines is 1. The van der Waals surface area contributed by atoms with Gasteiger partial charge in [-0.05, 0) is 12.1 Å². The number of hydrogen-bond donors (Lipinski definition) is 0. The molecule has 0 aliphatic carbocycles. The fourth-order valence-corrected chi connectivity index (χ4v) is 3.61. The molecule has 6 heteroatoms. The van der Waals surface area contributed by atoms with Gasteiger partial charge in [-0.3, -0.25) is 0 Å². The largest absolute Gasteiger partial charge is 0.441 e. The van der Waals surface area contributed by atoms with Crippen LogP contribution in [-0.2, 0) is 0 Å². The number of hydrogen-bond acceptors (Lipinski definition) is 5. The molecule has 5 rings (SSSR count). The van der Waals surface area contributed by atoms with Crippen LogP contribution in [-0.4, -0.2) is 28.7 Å². The zero-order valence-electron chi connectivity index (χ0n) is 17.1. The first kappa shape index (κ1) is 18.6. The maximum Gasteiger partial charge on any atom is 0.195 e. The number of furan rings is 1. The molecule has 0 amide bonds.